The van der Waals surface area contributed by atoms with E-state index in [1.54, 1.807) is 0 Å². The van der Waals surface area contributed by atoms with Crippen molar-refractivity contribution in [3.8, 4) is 0 Å². The van der Waals surface area contributed by atoms with E-state index in [1.165, 1.54) is 20.7 Å². The lowest BCUT2D eigenvalue weighted by molar-refractivity contribution is 0.571. The van der Waals surface area contributed by atoms with Gasteiger partial charge >= 0.3 is 0 Å². The third-order valence-electron chi connectivity index (χ3n) is 2.99. The molecule has 1 nitrogen and oxygen atoms in total. The molecule has 16 heavy (non-hydrogen) atoms. The SMILES string of the molecule is CC1CNC(c2cc3ccccc3s2)CS1. The Hall–Kier alpha value is -0.510. The van der Waals surface area contributed by atoms with Gasteiger partial charge in [-0.25, -0.2) is 0 Å². The highest BCUT2D eigenvalue weighted by atomic mass is 32.2. The molecule has 0 radical (unpaired) electrons. The van der Waals surface area contributed by atoms with Gasteiger partial charge in [-0.3, -0.25) is 0 Å². The fraction of sp³-hybridized carbons (Fsp3) is 0.385. The van der Waals surface area contributed by atoms with Crippen LogP contribution in [0.3, 0.4) is 0 Å². The van der Waals surface area contributed by atoms with Gasteiger partial charge in [0.15, 0.2) is 0 Å². The standard InChI is InChI=1S/C13H15NS2/c1-9-7-14-11(8-15-9)13-6-10-4-2-3-5-12(10)16-13/h2-6,9,11,14H,7-8H2,1H3. The van der Waals surface area contributed by atoms with E-state index >= 15 is 0 Å². The molecule has 2 heterocycles. The molecule has 3 heteroatoms. The minimum Gasteiger partial charge on any atom is -0.307 e. The van der Waals surface area contributed by atoms with E-state index in [0.717, 1.165) is 11.8 Å². The van der Waals surface area contributed by atoms with Crippen molar-refractivity contribution in [2.75, 3.05) is 12.3 Å². The van der Waals surface area contributed by atoms with E-state index in [4.69, 9.17) is 0 Å². The monoisotopic (exact) mass is 249 g/mol. The van der Waals surface area contributed by atoms with E-state index < -0.39 is 0 Å². The van der Waals surface area contributed by atoms with Crippen LogP contribution in [-0.4, -0.2) is 17.5 Å². The molecule has 1 N–H and O–H groups in total. The second-order valence-corrected chi connectivity index (χ2v) is 6.88. The van der Waals surface area contributed by atoms with Gasteiger partial charge in [-0.1, -0.05) is 25.1 Å². The first kappa shape index (κ1) is 10.6. The number of thioether (sulfide) groups is 1. The average Bonchev–Trinajstić information content (AvgIpc) is 2.73. The zero-order valence-electron chi connectivity index (χ0n) is 9.27. The number of hydrogen-bond acceptors (Lipinski definition) is 3. The third-order valence-corrected chi connectivity index (χ3v) is 5.48. The minimum atomic E-state index is 0.554. The van der Waals surface area contributed by atoms with E-state index in [-0.39, 0.29) is 0 Å². The zero-order chi connectivity index (χ0) is 11.0. The van der Waals surface area contributed by atoms with Gasteiger partial charge in [-0.15, -0.1) is 11.3 Å². The van der Waals surface area contributed by atoms with E-state index in [9.17, 15) is 0 Å². The lowest BCUT2D eigenvalue weighted by Crippen LogP contribution is -2.34. The van der Waals surface area contributed by atoms with Crippen LogP contribution in [0.1, 0.15) is 17.8 Å². The molecule has 1 aliphatic heterocycles. The average molecular weight is 249 g/mol. The zero-order valence-corrected chi connectivity index (χ0v) is 10.9. The summed E-state index contributed by atoms with van der Waals surface area (Å²) in [6.07, 6.45) is 0. The Labute approximate surface area is 104 Å². The first-order valence-electron chi connectivity index (χ1n) is 5.66. The highest BCUT2D eigenvalue weighted by Crippen LogP contribution is 2.33. The molecule has 1 fully saturated rings. The van der Waals surface area contributed by atoms with Crippen molar-refractivity contribution in [1.82, 2.24) is 5.32 Å². The quantitative estimate of drug-likeness (QED) is 0.827. The van der Waals surface area contributed by atoms with Crippen molar-refractivity contribution < 1.29 is 0 Å². The fourth-order valence-corrected chi connectivity index (χ4v) is 4.32. The van der Waals surface area contributed by atoms with Crippen molar-refractivity contribution in [3.63, 3.8) is 0 Å². The molecule has 1 aliphatic rings. The molecule has 3 rings (SSSR count). The minimum absolute atomic E-state index is 0.554. The van der Waals surface area contributed by atoms with Gasteiger partial charge in [-0.05, 0) is 17.5 Å². The summed E-state index contributed by atoms with van der Waals surface area (Å²) in [5.74, 6) is 1.20. The van der Waals surface area contributed by atoms with Gasteiger partial charge in [0.05, 0.1) is 6.04 Å². The second kappa shape index (κ2) is 4.40. The Kier molecular flexibility index (Phi) is 2.92. The summed E-state index contributed by atoms with van der Waals surface area (Å²) in [5.41, 5.74) is 0. The molecule has 1 aromatic heterocycles. The smallest absolute Gasteiger partial charge is 0.0507 e. The summed E-state index contributed by atoms with van der Waals surface area (Å²) < 4.78 is 1.41. The first-order valence-corrected chi connectivity index (χ1v) is 7.53. The Morgan fingerprint density at radius 3 is 2.94 bits per heavy atom. The Balaban J connectivity index is 1.88. The van der Waals surface area contributed by atoms with Crippen LogP contribution in [-0.2, 0) is 0 Å². The maximum atomic E-state index is 3.64. The predicted octanol–water partition coefficient (Wildman–Crippen LogP) is 3.67. The molecular weight excluding hydrogens is 234 g/mol. The van der Waals surface area contributed by atoms with Gasteiger partial charge in [0.25, 0.3) is 0 Å². The first-order chi connectivity index (χ1) is 7.83. The number of rotatable bonds is 1. The van der Waals surface area contributed by atoms with Crippen molar-refractivity contribution in [3.05, 3.63) is 35.2 Å². The normalized spacial score (nSPS) is 26.1. The Morgan fingerprint density at radius 2 is 2.19 bits per heavy atom. The van der Waals surface area contributed by atoms with E-state index in [1.807, 2.05) is 11.3 Å². The van der Waals surface area contributed by atoms with Crippen LogP contribution in [0, 0.1) is 0 Å². The maximum Gasteiger partial charge on any atom is 0.0507 e. The number of benzene rings is 1. The van der Waals surface area contributed by atoms with Gasteiger partial charge in [0.2, 0.25) is 0 Å². The van der Waals surface area contributed by atoms with Crippen LogP contribution < -0.4 is 5.32 Å². The number of fused-ring (bicyclic) bond motifs is 1. The molecule has 1 aromatic carbocycles. The third kappa shape index (κ3) is 1.99. The molecule has 0 bridgehead atoms. The predicted molar refractivity (Wildman–Crippen MR) is 74.5 cm³/mol. The highest BCUT2D eigenvalue weighted by Gasteiger charge is 2.20. The van der Waals surface area contributed by atoms with Gasteiger partial charge in [0, 0.05) is 27.1 Å². The van der Waals surface area contributed by atoms with Crippen molar-refractivity contribution >= 4 is 33.2 Å². The van der Waals surface area contributed by atoms with Crippen molar-refractivity contribution in [1.29, 1.82) is 0 Å². The highest BCUT2D eigenvalue weighted by molar-refractivity contribution is 8.00. The number of hydrogen-bond donors (Lipinski definition) is 1. The van der Waals surface area contributed by atoms with E-state index in [2.05, 4.69) is 54.3 Å². The molecule has 0 amide bonds. The summed E-state index contributed by atoms with van der Waals surface area (Å²) in [4.78, 5) is 1.49. The van der Waals surface area contributed by atoms with Crippen LogP contribution in [0.2, 0.25) is 0 Å². The van der Waals surface area contributed by atoms with Crippen LogP contribution in [0.5, 0.6) is 0 Å². The Morgan fingerprint density at radius 1 is 1.31 bits per heavy atom. The summed E-state index contributed by atoms with van der Waals surface area (Å²) in [5, 5.41) is 5.77. The molecular formula is C13H15NS2. The lowest BCUT2D eigenvalue weighted by atomic mass is 10.2. The molecule has 0 spiro atoms. The number of thiophene rings is 1. The van der Waals surface area contributed by atoms with Crippen LogP contribution in [0.4, 0.5) is 0 Å². The molecule has 2 atom stereocenters. The molecule has 1 saturated heterocycles. The molecule has 0 aliphatic carbocycles. The summed E-state index contributed by atoms with van der Waals surface area (Å²) in [6.45, 7) is 3.42. The number of nitrogens with one attached hydrogen (secondary N) is 1. The van der Waals surface area contributed by atoms with Gasteiger partial charge in [0.1, 0.15) is 0 Å². The molecule has 0 saturated carbocycles. The molecule has 84 valence electrons. The second-order valence-electron chi connectivity index (χ2n) is 4.29. The largest absolute Gasteiger partial charge is 0.307 e. The van der Waals surface area contributed by atoms with Crippen LogP contribution in [0.15, 0.2) is 30.3 Å². The summed E-state index contributed by atoms with van der Waals surface area (Å²) in [6, 6.07) is 11.5. The summed E-state index contributed by atoms with van der Waals surface area (Å²) >= 11 is 4.00. The van der Waals surface area contributed by atoms with Gasteiger partial charge in [-0.2, -0.15) is 11.8 Å². The maximum absolute atomic E-state index is 3.64. The lowest BCUT2D eigenvalue weighted by Gasteiger charge is -2.26. The fourth-order valence-electron chi connectivity index (χ4n) is 2.04. The van der Waals surface area contributed by atoms with Crippen molar-refractivity contribution in [2.24, 2.45) is 0 Å². The molecule has 2 unspecified atom stereocenters. The topological polar surface area (TPSA) is 12.0 Å². The van der Waals surface area contributed by atoms with Crippen LogP contribution >= 0.6 is 23.1 Å². The van der Waals surface area contributed by atoms with Crippen molar-refractivity contribution in [2.45, 2.75) is 18.2 Å². The van der Waals surface area contributed by atoms with E-state index in [0.29, 0.717) is 6.04 Å². The van der Waals surface area contributed by atoms with Gasteiger partial charge < -0.3 is 5.32 Å². The van der Waals surface area contributed by atoms with Crippen LogP contribution in [0.25, 0.3) is 10.1 Å². The molecule has 2 aromatic rings. The summed E-state index contributed by atoms with van der Waals surface area (Å²) in [7, 11) is 0. The Bertz CT molecular complexity index is 450.